The van der Waals surface area contributed by atoms with Gasteiger partial charge >= 0.3 is 0 Å². The van der Waals surface area contributed by atoms with E-state index < -0.39 is 0 Å². The summed E-state index contributed by atoms with van der Waals surface area (Å²) >= 11 is 4.40. The first-order chi connectivity index (χ1) is 6.02. The molecule has 0 aliphatic heterocycles. The largest absolute Gasteiger partial charge is 0.294 e. The fourth-order valence-corrected chi connectivity index (χ4v) is 1.29. The summed E-state index contributed by atoms with van der Waals surface area (Å²) in [5, 5.41) is 0.0271. The van der Waals surface area contributed by atoms with Crippen molar-refractivity contribution in [1.82, 2.24) is 4.90 Å². The van der Waals surface area contributed by atoms with Crippen LogP contribution in [0.25, 0.3) is 0 Å². The van der Waals surface area contributed by atoms with E-state index in [9.17, 15) is 4.39 Å². The lowest BCUT2D eigenvalue weighted by Gasteiger charge is -2.19. The van der Waals surface area contributed by atoms with Crippen LogP contribution in [0.1, 0.15) is 16.5 Å². The summed E-state index contributed by atoms with van der Waals surface area (Å²) < 4.78 is 12.9. The molecule has 0 aromatic heterocycles. The Balaban J connectivity index is 2.97. The molecule has 13 heavy (non-hydrogen) atoms. The molecule has 0 fully saturated rings. The Morgan fingerprint density at radius 1 is 1.38 bits per heavy atom. The fraction of sp³-hybridized carbons (Fsp3) is 0.400. The highest BCUT2D eigenvalue weighted by Gasteiger charge is 2.09. The minimum atomic E-state index is -0.164. The van der Waals surface area contributed by atoms with E-state index in [4.69, 9.17) is 0 Å². The molecule has 0 N–H and O–H groups in total. The summed E-state index contributed by atoms with van der Waals surface area (Å²) in [4.78, 5) is 1.97. The number of hydrogen-bond acceptors (Lipinski definition) is 2. The number of halogens is 1. The van der Waals surface area contributed by atoms with E-state index in [0.717, 1.165) is 5.56 Å². The highest BCUT2D eigenvalue weighted by Crippen LogP contribution is 2.23. The van der Waals surface area contributed by atoms with E-state index in [2.05, 4.69) is 12.6 Å². The lowest BCUT2D eigenvalue weighted by molar-refractivity contribution is 0.393. The van der Waals surface area contributed by atoms with E-state index in [1.54, 1.807) is 13.0 Å². The molecule has 0 saturated carbocycles. The smallest absolute Gasteiger partial charge is 0.126 e. The van der Waals surface area contributed by atoms with Gasteiger partial charge in [-0.05, 0) is 38.2 Å². The van der Waals surface area contributed by atoms with Gasteiger partial charge in [-0.1, -0.05) is 12.1 Å². The van der Waals surface area contributed by atoms with Gasteiger partial charge in [-0.15, -0.1) is 0 Å². The standard InChI is InChI=1S/C10H14FNS/c1-7-6-8(4-5-9(7)11)10(13)12(2)3/h4-6,10,13H,1-3H3. The van der Waals surface area contributed by atoms with Crippen molar-refractivity contribution in [3.63, 3.8) is 0 Å². The highest BCUT2D eigenvalue weighted by molar-refractivity contribution is 7.80. The van der Waals surface area contributed by atoms with Gasteiger partial charge in [0.15, 0.2) is 0 Å². The Bertz CT molecular complexity index is 299. The Labute approximate surface area is 84.0 Å². The van der Waals surface area contributed by atoms with Crippen LogP contribution in [0.2, 0.25) is 0 Å². The van der Waals surface area contributed by atoms with Crippen molar-refractivity contribution >= 4 is 12.6 Å². The van der Waals surface area contributed by atoms with Crippen molar-refractivity contribution in [3.05, 3.63) is 35.1 Å². The van der Waals surface area contributed by atoms with Gasteiger partial charge in [0.1, 0.15) is 5.82 Å². The van der Waals surface area contributed by atoms with Gasteiger partial charge < -0.3 is 0 Å². The van der Waals surface area contributed by atoms with Gasteiger partial charge in [-0.2, -0.15) is 12.6 Å². The zero-order chi connectivity index (χ0) is 10.0. The molecule has 0 bridgehead atoms. The van der Waals surface area contributed by atoms with Gasteiger partial charge in [0.25, 0.3) is 0 Å². The monoisotopic (exact) mass is 199 g/mol. The normalized spacial score (nSPS) is 13.4. The van der Waals surface area contributed by atoms with Crippen LogP contribution >= 0.6 is 12.6 Å². The molecule has 0 aliphatic carbocycles. The van der Waals surface area contributed by atoms with Gasteiger partial charge in [-0.25, -0.2) is 4.39 Å². The lowest BCUT2D eigenvalue weighted by Crippen LogP contribution is -2.14. The molecule has 0 saturated heterocycles. The quantitative estimate of drug-likeness (QED) is 0.566. The van der Waals surface area contributed by atoms with Crippen LogP contribution in [0.3, 0.4) is 0 Å². The van der Waals surface area contributed by atoms with Crippen LogP contribution < -0.4 is 0 Å². The van der Waals surface area contributed by atoms with E-state index in [-0.39, 0.29) is 11.2 Å². The molecule has 0 amide bonds. The maximum absolute atomic E-state index is 12.9. The number of hydrogen-bond donors (Lipinski definition) is 1. The van der Waals surface area contributed by atoms with Crippen molar-refractivity contribution in [2.24, 2.45) is 0 Å². The van der Waals surface area contributed by atoms with Gasteiger partial charge in [-0.3, -0.25) is 4.90 Å². The van der Waals surface area contributed by atoms with Crippen LogP contribution in [0.4, 0.5) is 4.39 Å². The number of nitrogens with zero attached hydrogens (tertiary/aromatic N) is 1. The second-order valence-corrected chi connectivity index (χ2v) is 3.84. The first-order valence-corrected chi connectivity index (χ1v) is 4.64. The summed E-state index contributed by atoms with van der Waals surface area (Å²) in [5.41, 5.74) is 1.69. The molecule has 0 radical (unpaired) electrons. The Hall–Kier alpha value is -0.540. The van der Waals surface area contributed by atoms with Crippen molar-refractivity contribution < 1.29 is 4.39 Å². The molecule has 0 aliphatic rings. The maximum atomic E-state index is 12.9. The average Bonchev–Trinajstić information content (AvgIpc) is 2.08. The third-order valence-electron chi connectivity index (χ3n) is 1.97. The molecule has 72 valence electrons. The van der Waals surface area contributed by atoms with Crippen molar-refractivity contribution in [1.29, 1.82) is 0 Å². The third-order valence-corrected chi connectivity index (χ3v) is 2.73. The molecule has 0 heterocycles. The predicted molar refractivity (Wildman–Crippen MR) is 56.6 cm³/mol. The fourth-order valence-electron chi connectivity index (χ4n) is 1.13. The van der Waals surface area contributed by atoms with Crippen molar-refractivity contribution in [2.75, 3.05) is 14.1 Å². The third kappa shape index (κ3) is 2.45. The van der Waals surface area contributed by atoms with Crippen molar-refractivity contribution in [3.8, 4) is 0 Å². The minimum Gasteiger partial charge on any atom is -0.294 e. The number of aryl methyl sites for hydroxylation is 1. The molecule has 1 aromatic carbocycles. The minimum absolute atomic E-state index is 0.0271. The summed E-state index contributed by atoms with van der Waals surface area (Å²) in [5.74, 6) is -0.164. The number of rotatable bonds is 2. The van der Waals surface area contributed by atoms with Gasteiger partial charge in [0.2, 0.25) is 0 Å². The van der Waals surface area contributed by atoms with Crippen molar-refractivity contribution in [2.45, 2.75) is 12.3 Å². The highest BCUT2D eigenvalue weighted by atomic mass is 32.1. The number of thiol groups is 1. The summed E-state index contributed by atoms with van der Waals surface area (Å²) in [7, 11) is 3.88. The first-order valence-electron chi connectivity index (χ1n) is 4.13. The Morgan fingerprint density at radius 2 is 2.00 bits per heavy atom. The second kappa shape index (κ2) is 4.11. The summed E-state index contributed by atoms with van der Waals surface area (Å²) in [6.07, 6.45) is 0. The summed E-state index contributed by atoms with van der Waals surface area (Å²) in [6.45, 7) is 1.76. The first kappa shape index (κ1) is 10.5. The van der Waals surface area contributed by atoms with E-state index in [1.807, 2.05) is 25.1 Å². The van der Waals surface area contributed by atoms with Crippen LogP contribution in [0.5, 0.6) is 0 Å². The second-order valence-electron chi connectivity index (χ2n) is 3.35. The van der Waals surface area contributed by atoms with Crippen LogP contribution in [-0.2, 0) is 0 Å². The van der Waals surface area contributed by atoms with Gasteiger partial charge in [0.05, 0.1) is 5.37 Å². The number of benzene rings is 1. The lowest BCUT2D eigenvalue weighted by atomic mass is 10.1. The van der Waals surface area contributed by atoms with Gasteiger partial charge in [0, 0.05) is 0 Å². The molecule has 1 rings (SSSR count). The topological polar surface area (TPSA) is 3.24 Å². The molecule has 1 nitrogen and oxygen atoms in total. The summed E-state index contributed by atoms with van der Waals surface area (Å²) in [6, 6.07) is 5.07. The SMILES string of the molecule is Cc1cc(C(S)N(C)C)ccc1F. The molecule has 1 atom stereocenters. The van der Waals surface area contributed by atoms with Crippen LogP contribution in [-0.4, -0.2) is 19.0 Å². The Morgan fingerprint density at radius 3 is 2.46 bits per heavy atom. The molecule has 0 spiro atoms. The van der Waals surface area contributed by atoms with Crippen LogP contribution in [0, 0.1) is 12.7 Å². The average molecular weight is 199 g/mol. The molecular weight excluding hydrogens is 185 g/mol. The Kier molecular flexibility index (Phi) is 3.33. The zero-order valence-corrected chi connectivity index (χ0v) is 8.98. The molecular formula is C10H14FNS. The van der Waals surface area contributed by atoms with E-state index >= 15 is 0 Å². The maximum Gasteiger partial charge on any atom is 0.126 e. The molecule has 3 heteroatoms. The van der Waals surface area contributed by atoms with E-state index in [0.29, 0.717) is 5.56 Å². The van der Waals surface area contributed by atoms with E-state index in [1.165, 1.54) is 6.07 Å². The van der Waals surface area contributed by atoms with Crippen LogP contribution in [0.15, 0.2) is 18.2 Å². The molecule has 1 unspecified atom stereocenters. The predicted octanol–water partition coefficient (Wildman–Crippen LogP) is 2.62. The zero-order valence-electron chi connectivity index (χ0n) is 8.08. The molecule has 1 aromatic rings.